The van der Waals surface area contributed by atoms with E-state index in [2.05, 4.69) is 6.58 Å². The van der Waals surface area contributed by atoms with E-state index in [9.17, 15) is 13.2 Å². The van der Waals surface area contributed by atoms with Crippen molar-refractivity contribution < 1.29 is 13.2 Å². The Morgan fingerprint density at radius 1 is 1.04 bits per heavy atom. The summed E-state index contributed by atoms with van der Waals surface area (Å²) in [6, 6.07) is 6.87. The Morgan fingerprint density at radius 2 is 1.71 bits per heavy atom. The average Bonchev–Trinajstić information content (AvgIpc) is 2.67. The van der Waals surface area contributed by atoms with Crippen LogP contribution < -0.4 is 0 Å². The Kier molecular flexibility index (Phi) is 4.81. The number of sulfonamides is 1. The highest BCUT2D eigenvalue weighted by atomic mass is 32.2. The predicted octanol–water partition coefficient (Wildman–Crippen LogP) is 3.67. The normalized spacial score (nSPS) is 25.8. The predicted molar refractivity (Wildman–Crippen MR) is 93.9 cm³/mol. The van der Waals surface area contributed by atoms with Gasteiger partial charge in [-0.1, -0.05) is 43.5 Å². The molecule has 2 aliphatic rings. The third-order valence-electron chi connectivity index (χ3n) is 5.30. The molecule has 2 fully saturated rings. The van der Waals surface area contributed by atoms with Crippen LogP contribution in [-0.2, 0) is 14.8 Å². The molecule has 0 spiro atoms. The van der Waals surface area contributed by atoms with Crippen molar-refractivity contribution in [2.24, 2.45) is 11.8 Å². The van der Waals surface area contributed by atoms with Gasteiger partial charge in [0.1, 0.15) is 5.78 Å². The fraction of sp³-hybridized carbons (Fsp3) is 0.526. The number of Topliss-reactive ketones (excluding diaryl/α,β-unsaturated/α-hetero) is 1. The largest absolute Gasteiger partial charge is 0.299 e. The number of hydrogen-bond acceptors (Lipinski definition) is 3. The lowest BCUT2D eigenvalue weighted by Crippen LogP contribution is -2.33. The number of ketones is 1. The summed E-state index contributed by atoms with van der Waals surface area (Å²) in [5.74, 6) is -0.176. The Morgan fingerprint density at radius 3 is 2.42 bits per heavy atom. The van der Waals surface area contributed by atoms with Crippen LogP contribution in [0.1, 0.15) is 44.1 Å². The van der Waals surface area contributed by atoms with E-state index in [-0.39, 0.29) is 22.5 Å². The number of nitrogens with zero attached hydrogens (tertiary/aromatic N) is 1. The molecule has 0 N–H and O–H groups in total. The fourth-order valence-electron chi connectivity index (χ4n) is 3.80. The van der Waals surface area contributed by atoms with Crippen molar-refractivity contribution in [1.82, 2.24) is 4.31 Å². The van der Waals surface area contributed by atoms with E-state index >= 15 is 0 Å². The number of benzene rings is 1. The topological polar surface area (TPSA) is 54.5 Å². The molecule has 1 aliphatic heterocycles. The summed E-state index contributed by atoms with van der Waals surface area (Å²) in [5, 5.41) is 0. The molecule has 2 unspecified atom stereocenters. The van der Waals surface area contributed by atoms with Gasteiger partial charge in [0.2, 0.25) is 0 Å². The minimum Gasteiger partial charge on any atom is -0.299 e. The molecule has 1 heterocycles. The molecule has 4 nitrogen and oxygen atoms in total. The van der Waals surface area contributed by atoms with E-state index in [1.165, 1.54) is 4.31 Å². The van der Waals surface area contributed by atoms with E-state index in [0.717, 1.165) is 31.2 Å². The molecule has 3 rings (SSSR count). The van der Waals surface area contributed by atoms with Gasteiger partial charge in [0.05, 0.1) is 10.8 Å². The molecule has 1 aliphatic carbocycles. The van der Waals surface area contributed by atoms with Gasteiger partial charge in [-0.05, 0) is 38.3 Å². The first-order valence-corrected chi connectivity index (χ1v) is 10.2. The van der Waals surface area contributed by atoms with Crippen molar-refractivity contribution in [2.45, 2.75) is 50.3 Å². The molecule has 1 aromatic rings. The molecule has 5 heteroatoms. The number of allylic oxidation sites excluding steroid dienone is 1. The van der Waals surface area contributed by atoms with Gasteiger partial charge >= 0.3 is 0 Å². The second kappa shape index (κ2) is 6.71. The number of rotatable bonds is 2. The highest BCUT2D eigenvalue weighted by molar-refractivity contribution is 7.89. The molecule has 24 heavy (non-hydrogen) atoms. The van der Waals surface area contributed by atoms with E-state index in [1.54, 1.807) is 24.3 Å². The van der Waals surface area contributed by atoms with E-state index in [4.69, 9.17) is 0 Å². The highest BCUT2D eigenvalue weighted by Gasteiger charge is 2.39. The van der Waals surface area contributed by atoms with Crippen LogP contribution in [0.15, 0.2) is 41.4 Å². The smallest absolute Gasteiger partial charge is 0.264 e. The number of fused-ring (bicyclic) bond motifs is 2. The van der Waals surface area contributed by atoms with Gasteiger partial charge in [0, 0.05) is 18.2 Å². The molecular formula is C19H25NO3S. The SMILES string of the molecule is C=C1C2CCCCCC(CCN1S(=O)(=O)c1ccc(C)cc1)C2=O. The first-order valence-electron chi connectivity index (χ1n) is 8.73. The van der Waals surface area contributed by atoms with E-state index in [0.29, 0.717) is 25.1 Å². The number of hydrogen-bond donors (Lipinski definition) is 0. The monoisotopic (exact) mass is 347 g/mol. The second-order valence-corrected chi connectivity index (χ2v) is 8.82. The Hall–Kier alpha value is -1.62. The maximum absolute atomic E-state index is 13.1. The molecule has 0 aromatic heterocycles. The van der Waals surface area contributed by atoms with E-state index < -0.39 is 10.0 Å². The van der Waals surface area contributed by atoms with Crippen LogP contribution in [-0.4, -0.2) is 25.1 Å². The minimum absolute atomic E-state index is 0.0229. The van der Waals surface area contributed by atoms with Gasteiger partial charge in [-0.2, -0.15) is 0 Å². The zero-order valence-corrected chi connectivity index (χ0v) is 15.0. The number of aryl methyl sites for hydroxylation is 1. The third-order valence-corrected chi connectivity index (χ3v) is 7.17. The van der Waals surface area contributed by atoms with Gasteiger partial charge in [0.15, 0.2) is 0 Å². The molecule has 130 valence electrons. The number of carbonyl (C=O) groups is 1. The number of carbonyl (C=O) groups excluding carboxylic acids is 1. The maximum Gasteiger partial charge on any atom is 0.264 e. The average molecular weight is 347 g/mol. The quantitative estimate of drug-likeness (QED) is 0.820. The first-order chi connectivity index (χ1) is 11.4. The van der Waals surface area contributed by atoms with E-state index in [1.807, 2.05) is 6.92 Å². The van der Waals surface area contributed by atoms with Gasteiger partial charge in [-0.3, -0.25) is 9.10 Å². The molecule has 2 bridgehead atoms. The van der Waals surface area contributed by atoms with Gasteiger partial charge in [-0.25, -0.2) is 8.42 Å². The van der Waals surface area contributed by atoms with Crippen LogP contribution >= 0.6 is 0 Å². The first kappa shape index (κ1) is 17.2. The molecule has 0 amide bonds. The summed E-state index contributed by atoms with van der Waals surface area (Å²) >= 11 is 0. The van der Waals surface area contributed by atoms with Crippen LogP contribution in [0, 0.1) is 18.8 Å². The third kappa shape index (κ3) is 3.14. The molecule has 1 saturated carbocycles. The zero-order valence-electron chi connectivity index (χ0n) is 14.2. The van der Waals surface area contributed by atoms with Gasteiger partial charge < -0.3 is 0 Å². The van der Waals surface area contributed by atoms with Crippen LogP contribution in [0.25, 0.3) is 0 Å². The summed E-state index contributed by atoms with van der Waals surface area (Å²) in [6.45, 7) is 6.31. The molecule has 2 atom stereocenters. The van der Waals surface area contributed by atoms with Crippen LogP contribution in [0.2, 0.25) is 0 Å². The van der Waals surface area contributed by atoms with Crippen LogP contribution in [0.4, 0.5) is 0 Å². The fourth-order valence-corrected chi connectivity index (χ4v) is 5.32. The van der Waals surface area contributed by atoms with Crippen molar-refractivity contribution in [3.05, 3.63) is 42.1 Å². The van der Waals surface area contributed by atoms with Crippen molar-refractivity contribution >= 4 is 15.8 Å². The standard InChI is InChI=1S/C19H25NO3S/c1-14-8-10-17(11-9-14)24(22,23)20-13-12-16-6-4-3-5-7-18(15(20)2)19(16)21/h8-11,16,18H,2-7,12-13H2,1H3. The maximum atomic E-state index is 13.1. The summed E-state index contributed by atoms with van der Waals surface area (Å²) in [6.07, 6.45) is 5.31. The van der Waals surface area contributed by atoms with Crippen LogP contribution in [0.5, 0.6) is 0 Å². The summed E-state index contributed by atoms with van der Waals surface area (Å²) < 4.78 is 27.6. The van der Waals surface area contributed by atoms with Crippen LogP contribution in [0.3, 0.4) is 0 Å². The van der Waals surface area contributed by atoms with Crippen molar-refractivity contribution in [1.29, 1.82) is 0 Å². The summed E-state index contributed by atoms with van der Waals surface area (Å²) in [5.41, 5.74) is 1.48. The Labute approximate surface area is 144 Å². The van der Waals surface area contributed by atoms with Crippen molar-refractivity contribution in [3.63, 3.8) is 0 Å². The van der Waals surface area contributed by atoms with Gasteiger partial charge in [0.25, 0.3) is 10.0 Å². The second-order valence-electron chi connectivity index (χ2n) is 6.96. The lowest BCUT2D eigenvalue weighted by atomic mass is 9.81. The highest BCUT2D eigenvalue weighted by Crippen LogP contribution is 2.36. The van der Waals surface area contributed by atoms with Crippen molar-refractivity contribution in [3.8, 4) is 0 Å². The Bertz CT molecular complexity index is 736. The molecule has 1 aromatic carbocycles. The zero-order chi connectivity index (χ0) is 17.3. The lowest BCUT2D eigenvalue weighted by Gasteiger charge is -2.28. The molecular weight excluding hydrogens is 322 g/mol. The summed E-state index contributed by atoms with van der Waals surface area (Å²) in [7, 11) is -3.66. The molecule has 0 radical (unpaired) electrons. The Balaban J connectivity index is 1.96. The summed E-state index contributed by atoms with van der Waals surface area (Å²) in [4.78, 5) is 13.1. The van der Waals surface area contributed by atoms with Gasteiger partial charge in [-0.15, -0.1) is 0 Å². The minimum atomic E-state index is -3.66. The molecule has 1 saturated heterocycles. The van der Waals surface area contributed by atoms with Crippen molar-refractivity contribution in [2.75, 3.05) is 6.54 Å². The lowest BCUT2D eigenvalue weighted by molar-refractivity contribution is -0.126.